The van der Waals surface area contributed by atoms with Crippen LogP contribution in [0.5, 0.6) is 0 Å². The van der Waals surface area contributed by atoms with Crippen molar-refractivity contribution in [1.29, 1.82) is 0 Å². The lowest BCUT2D eigenvalue weighted by Crippen LogP contribution is -1.67. The van der Waals surface area contributed by atoms with Gasteiger partial charge in [0.2, 0.25) is 0 Å². The van der Waals surface area contributed by atoms with Crippen molar-refractivity contribution in [2.45, 2.75) is 0 Å². The minimum atomic E-state index is 0.703. The topological polar surface area (TPSA) is 15.8 Å². The number of aromatic nitrogens is 1. The van der Waals surface area contributed by atoms with E-state index in [1.807, 2.05) is 18.2 Å². The van der Waals surface area contributed by atoms with Gasteiger partial charge in [-0.2, -0.15) is 0 Å². The molecule has 1 nitrogen and oxygen atoms in total. The van der Waals surface area contributed by atoms with Gasteiger partial charge in [0.15, 0.2) is 0 Å². The highest BCUT2D eigenvalue weighted by atomic mass is 35.5. The van der Waals surface area contributed by atoms with E-state index in [1.54, 1.807) is 6.20 Å². The Kier molecular flexibility index (Phi) is 1.55. The summed E-state index contributed by atoms with van der Waals surface area (Å²) in [5.41, 5.74) is 0.902. The van der Waals surface area contributed by atoms with Crippen LogP contribution in [0, 0.1) is 0 Å². The third kappa shape index (κ3) is 1.01. The molecule has 1 N–H and O–H groups in total. The molecular formula is C8H5Cl2N. The van der Waals surface area contributed by atoms with Gasteiger partial charge in [-0.3, -0.25) is 0 Å². The first-order valence-corrected chi connectivity index (χ1v) is 3.96. The normalized spacial score (nSPS) is 10.7. The van der Waals surface area contributed by atoms with Crippen molar-refractivity contribution in [3.05, 3.63) is 34.4 Å². The summed E-state index contributed by atoms with van der Waals surface area (Å²) in [6.45, 7) is 0. The van der Waals surface area contributed by atoms with Crippen molar-refractivity contribution in [2.75, 3.05) is 0 Å². The summed E-state index contributed by atoms with van der Waals surface area (Å²) in [5.74, 6) is 0. The van der Waals surface area contributed by atoms with Crippen LogP contribution in [-0.4, -0.2) is 4.98 Å². The summed E-state index contributed by atoms with van der Waals surface area (Å²) in [5, 5.41) is 2.39. The lowest BCUT2D eigenvalue weighted by Gasteiger charge is -1.91. The molecule has 1 aromatic carbocycles. The zero-order valence-corrected chi connectivity index (χ0v) is 7.08. The van der Waals surface area contributed by atoms with Crippen molar-refractivity contribution in [2.24, 2.45) is 0 Å². The average molecular weight is 186 g/mol. The van der Waals surface area contributed by atoms with Crippen LogP contribution in [0.3, 0.4) is 0 Å². The van der Waals surface area contributed by atoms with Gasteiger partial charge in [0.25, 0.3) is 0 Å². The monoisotopic (exact) mass is 185 g/mol. The van der Waals surface area contributed by atoms with E-state index in [0.717, 1.165) is 10.9 Å². The van der Waals surface area contributed by atoms with Crippen LogP contribution in [0.15, 0.2) is 24.4 Å². The van der Waals surface area contributed by atoms with Crippen LogP contribution >= 0.6 is 23.2 Å². The Hall–Kier alpha value is -0.660. The molecular weight excluding hydrogens is 181 g/mol. The van der Waals surface area contributed by atoms with Gasteiger partial charge in [-0.05, 0) is 6.07 Å². The molecule has 0 bridgehead atoms. The molecule has 0 aliphatic heterocycles. The molecule has 0 amide bonds. The fraction of sp³-hybridized carbons (Fsp3) is 0. The quantitative estimate of drug-likeness (QED) is 0.648. The molecule has 0 saturated heterocycles. The van der Waals surface area contributed by atoms with Crippen LogP contribution in [0.1, 0.15) is 0 Å². The first kappa shape index (κ1) is 7.01. The average Bonchev–Trinajstić information content (AvgIpc) is 2.35. The van der Waals surface area contributed by atoms with E-state index < -0.39 is 0 Å². The summed E-state index contributed by atoms with van der Waals surface area (Å²) < 4.78 is 0. The van der Waals surface area contributed by atoms with E-state index >= 15 is 0 Å². The molecule has 0 atom stereocenters. The van der Waals surface area contributed by atoms with Gasteiger partial charge >= 0.3 is 0 Å². The Bertz CT molecular complexity index is 392. The molecule has 0 aliphatic rings. The van der Waals surface area contributed by atoms with Crippen LogP contribution < -0.4 is 0 Å². The van der Waals surface area contributed by atoms with E-state index in [2.05, 4.69) is 4.98 Å². The van der Waals surface area contributed by atoms with Gasteiger partial charge in [-0.25, -0.2) is 0 Å². The highest BCUT2D eigenvalue weighted by molar-refractivity contribution is 6.39. The summed E-state index contributed by atoms with van der Waals surface area (Å²) in [4.78, 5) is 2.99. The number of rotatable bonds is 0. The van der Waals surface area contributed by atoms with E-state index in [-0.39, 0.29) is 0 Å². The lowest BCUT2D eigenvalue weighted by molar-refractivity contribution is 1.48. The lowest BCUT2D eigenvalue weighted by atomic mass is 10.2. The molecule has 3 heteroatoms. The van der Waals surface area contributed by atoms with Crippen LogP contribution in [0.2, 0.25) is 10.0 Å². The largest absolute Gasteiger partial charge is 0.359 e. The first-order chi connectivity index (χ1) is 5.29. The smallest absolute Gasteiger partial charge is 0.0659 e. The Labute approximate surface area is 73.9 Å². The van der Waals surface area contributed by atoms with Gasteiger partial charge in [0, 0.05) is 11.6 Å². The summed E-state index contributed by atoms with van der Waals surface area (Å²) in [7, 11) is 0. The first-order valence-electron chi connectivity index (χ1n) is 3.20. The fourth-order valence-corrected chi connectivity index (χ4v) is 1.52. The van der Waals surface area contributed by atoms with Crippen molar-refractivity contribution < 1.29 is 0 Å². The molecule has 11 heavy (non-hydrogen) atoms. The van der Waals surface area contributed by atoms with Crippen LogP contribution in [0.25, 0.3) is 10.9 Å². The minimum Gasteiger partial charge on any atom is -0.359 e. The Morgan fingerprint density at radius 2 is 1.91 bits per heavy atom. The molecule has 0 fully saturated rings. The number of hydrogen-bond acceptors (Lipinski definition) is 0. The summed E-state index contributed by atoms with van der Waals surface area (Å²) >= 11 is 11.7. The molecule has 0 aliphatic carbocycles. The number of H-pyrrole nitrogens is 1. The molecule has 2 rings (SSSR count). The van der Waals surface area contributed by atoms with Crippen LogP contribution in [-0.2, 0) is 0 Å². The molecule has 1 aromatic heterocycles. The van der Waals surface area contributed by atoms with Gasteiger partial charge in [-0.1, -0.05) is 35.3 Å². The Morgan fingerprint density at radius 3 is 2.64 bits per heavy atom. The molecule has 0 radical (unpaired) electrons. The van der Waals surface area contributed by atoms with Gasteiger partial charge in [-0.15, -0.1) is 0 Å². The molecule has 2 aromatic rings. The van der Waals surface area contributed by atoms with E-state index in [1.165, 1.54) is 0 Å². The standard InChI is InChI=1S/C8H5Cl2N/c9-6-3-1-2-5-7(10)4-11-8(5)6/h1-4,11H. The van der Waals surface area contributed by atoms with Gasteiger partial charge < -0.3 is 4.98 Å². The van der Waals surface area contributed by atoms with E-state index in [0.29, 0.717) is 10.0 Å². The van der Waals surface area contributed by atoms with Gasteiger partial charge in [0.1, 0.15) is 0 Å². The zero-order chi connectivity index (χ0) is 7.84. The Balaban J connectivity index is 2.94. The maximum absolute atomic E-state index is 5.88. The second-order valence-electron chi connectivity index (χ2n) is 2.30. The number of aromatic amines is 1. The predicted molar refractivity (Wildman–Crippen MR) is 48.3 cm³/mol. The molecule has 1 heterocycles. The van der Waals surface area contributed by atoms with Crippen molar-refractivity contribution >= 4 is 34.1 Å². The fourth-order valence-electron chi connectivity index (χ4n) is 1.08. The molecule has 0 unspecified atom stereocenters. The number of benzene rings is 1. The van der Waals surface area contributed by atoms with Crippen LogP contribution in [0.4, 0.5) is 0 Å². The zero-order valence-electron chi connectivity index (χ0n) is 5.57. The SMILES string of the molecule is Clc1c[nH]c2c(Cl)cccc12. The predicted octanol–water partition coefficient (Wildman–Crippen LogP) is 3.47. The maximum atomic E-state index is 5.88. The highest BCUT2D eigenvalue weighted by Crippen LogP contribution is 2.27. The summed E-state index contributed by atoms with van der Waals surface area (Å²) in [6, 6.07) is 5.64. The van der Waals surface area contributed by atoms with Crippen molar-refractivity contribution in [1.82, 2.24) is 4.98 Å². The second-order valence-corrected chi connectivity index (χ2v) is 3.11. The van der Waals surface area contributed by atoms with Crippen molar-refractivity contribution in [3.8, 4) is 0 Å². The minimum absolute atomic E-state index is 0.703. The number of hydrogen-bond donors (Lipinski definition) is 1. The highest BCUT2D eigenvalue weighted by Gasteiger charge is 2.02. The van der Waals surface area contributed by atoms with E-state index in [9.17, 15) is 0 Å². The number of para-hydroxylation sites is 1. The van der Waals surface area contributed by atoms with E-state index in [4.69, 9.17) is 23.2 Å². The van der Waals surface area contributed by atoms with Gasteiger partial charge in [0.05, 0.1) is 15.6 Å². The molecule has 56 valence electrons. The Morgan fingerprint density at radius 1 is 1.09 bits per heavy atom. The number of halogens is 2. The summed E-state index contributed by atoms with van der Waals surface area (Å²) in [6.07, 6.45) is 1.73. The van der Waals surface area contributed by atoms with Crippen molar-refractivity contribution in [3.63, 3.8) is 0 Å². The molecule has 0 spiro atoms. The third-order valence-corrected chi connectivity index (χ3v) is 2.24. The second kappa shape index (κ2) is 2.43. The third-order valence-electron chi connectivity index (χ3n) is 1.61. The number of nitrogens with one attached hydrogen (secondary N) is 1. The maximum Gasteiger partial charge on any atom is 0.0659 e. The molecule has 0 saturated carbocycles. The number of fused-ring (bicyclic) bond motifs is 1.